The number of hydrogen-bond donors (Lipinski definition) is 3. The maximum atomic E-state index is 11.9. The molecule has 0 saturated carbocycles. The lowest BCUT2D eigenvalue weighted by molar-refractivity contribution is 0.0996. The summed E-state index contributed by atoms with van der Waals surface area (Å²) in [5.74, 6) is 0.826. The van der Waals surface area contributed by atoms with E-state index in [1.54, 1.807) is 12.1 Å². The third kappa shape index (κ3) is 5.18. The Kier molecular flexibility index (Phi) is 6.23. The van der Waals surface area contributed by atoms with Gasteiger partial charge in [0.1, 0.15) is 0 Å². The summed E-state index contributed by atoms with van der Waals surface area (Å²) in [7, 11) is 0. The first-order chi connectivity index (χ1) is 11.2. The van der Waals surface area contributed by atoms with E-state index in [9.17, 15) is 4.79 Å². The van der Waals surface area contributed by atoms with Gasteiger partial charge in [-0.05, 0) is 43.7 Å². The van der Waals surface area contributed by atoms with Crippen LogP contribution in [-0.4, -0.2) is 25.0 Å². The smallest absolute Gasteiger partial charge is 0.291 e. The number of hydrogen-bond acceptors (Lipinski definition) is 3. The Bertz CT molecular complexity index is 625. The SMILES string of the molecule is CCNC(=NCc1ccc(NC(=O)c2ccco2)cc1)NCC. The van der Waals surface area contributed by atoms with Gasteiger partial charge < -0.3 is 20.4 Å². The Morgan fingerprint density at radius 1 is 1.09 bits per heavy atom. The average Bonchev–Trinajstić information content (AvgIpc) is 3.09. The molecule has 0 bridgehead atoms. The van der Waals surface area contributed by atoms with E-state index in [-0.39, 0.29) is 5.91 Å². The third-order valence-corrected chi connectivity index (χ3v) is 3.06. The minimum atomic E-state index is -0.262. The van der Waals surface area contributed by atoms with Gasteiger partial charge in [-0.2, -0.15) is 0 Å². The summed E-state index contributed by atoms with van der Waals surface area (Å²) in [5, 5.41) is 9.14. The van der Waals surface area contributed by atoms with Crippen molar-refractivity contribution in [2.75, 3.05) is 18.4 Å². The van der Waals surface area contributed by atoms with Crippen molar-refractivity contribution < 1.29 is 9.21 Å². The number of aliphatic imine (C=N–C) groups is 1. The quantitative estimate of drug-likeness (QED) is 0.566. The number of nitrogens with zero attached hydrogens (tertiary/aromatic N) is 1. The molecule has 6 heteroatoms. The van der Waals surface area contributed by atoms with Crippen LogP contribution in [0.25, 0.3) is 0 Å². The second-order valence-electron chi connectivity index (χ2n) is 4.85. The molecule has 23 heavy (non-hydrogen) atoms. The lowest BCUT2D eigenvalue weighted by Crippen LogP contribution is -2.36. The molecule has 6 nitrogen and oxygen atoms in total. The number of amides is 1. The molecule has 0 radical (unpaired) electrons. The van der Waals surface area contributed by atoms with Crippen LogP contribution in [0.4, 0.5) is 5.69 Å². The summed E-state index contributed by atoms with van der Waals surface area (Å²) in [6.45, 7) is 6.28. The number of carbonyl (C=O) groups excluding carboxylic acids is 1. The predicted octanol–water partition coefficient (Wildman–Crippen LogP) is 2.61. The van der Waals surface area contributed by atoms with Crippen LogP contribution >= 0.6 is 0 Å². The van der Waals surface area contributed by atoms with Crippen molar-refractivity contribution in [3.05, 3.63) is 54.0 Å². The molecule has 1 amide bonds. The van der Waals surface area contributed by atoms with Gasteiger partial charge in [-0.3, -0.25) is 4.79 Å². The summed E-state index contributed by atoms with van der Waals surface area (Å²) in [6.07, 6.45) is 1.47. The first-order valence-corrected chi connectivity index (χ1v) is 7.69. The highest BCUT2D eigenvalue weighted by Crippen LogP contribution is 2.12. The average molecular weight is 314 g/mol. The van der Waals surface area contributed by atoms with E-state index < -0.39 is 0 Å². The highest BCUT2D eigenvalue weighted by molar-refractivity contribution is 6.02. The minimum absolute atomic E-state index is 0.262. The molecule has 122 valence electrons. The molecule has 0 aliphatic carbocycles. The van der Waals surface area contributed by atoms with Crippen LogP contribution < -0.4 is 16.0 Å². The van der Waals surface area contributed by atoms with E-state index >= 15 is 0 Å². The van der Waals surface area contributed by atoms with Crippen LogP contribution in [0, 0.1) is 0 Å². The lowest BCUT2D eigenvalue weighted by atomic mass is 10.2. The Morgan fingerprint density at radius 3 is 2.35 bits per heavy atom. The van der Waals surface area contributed by atoms with Crippen molar-refractivity contribution in [1.29, 1.82) is 0 Å². The standard InChI is InChI=1S/C17H22N4O2/c1-3-18-17(19-4-2)20-12-13-7-9-14(10-8-13)21-16(22)15-6-5-11-23-15/h5-11H,3-4,12H2,1-2H3,(H,21,22)(H2,18,19,20). The molecular weight excluding hydrogens is 292 g/mol. The van der Waals surface area contributed by atoms with Gasteiger partial charge in [0.25, 0.3) is 5.91 Å². The molecular formula is C17H22N4O2. The zero-order valence-corrected chi connectivity index (χ0v) is 13.4. The zero-order chi connectivity index (χ0) is 16.5. The number of furan rings is 1. The van der Waals surface area contributed by atoms with Gasteiger partial charge in [0.2, 0.25) is 0 Å². The number of guanidine groups is 1. The zero-order valence-electron chi connectivity index (χ0n) is 13.4. The van der Waals surface area contributed by atoms with Gasteiger partial charge in [0.05, 0.1) is 12.8 Å². The summed E-state index contributed by atoms with van der Waals surface area (Å²) in [6, 6.07) is 10.9. The molecule has 0 saturated heterocycles. The fourth-order valence-corrected chi connectivity index (χ4v) is 1.97. The first-order valence-electron chi connectivity index (χ1n) is 7.69. The topological polar surface area (TPSA) is 78.7 Å². The van der Waals surface area contributed by atoms with Crippen LogP contribution in [-0.2, 0) is 6.54 Å². The molecule has 0 fully saturated rings. The lowest BCUT2D eigenvalue weighted by Gasteiger charge is -2.09. The normalized spacial score (nSPS) is 10.0. The first kappa shape index (κ1) is 16.6. The largest absolute Gasteiger partial charge is 0.459 e. The molecule has 0 spiro atoms. The van der Waals surface area contributed by atoms with E-state index in [0.29, 0.717) is 12.3 Å². The van der Waals surface area contributed by atoms with Crippen molar-refractivity contribution in [3.8, 4) is 0 Å². The Balaban J connectivity index is 1.93. The highest BCUT2D eigenvalue weighted by Gasteiger charge is 2.08. The van der Waals surface area contributed by atoms with Crippen LogP contribution in [0.1, 0.15) is 30.0 Å². The molecule has 2 rings (SSSR count). The Morgan fingerprint density at radius 2 is 1.78 bits per heavy atom. The van der Waals surface area contributed by atoms with E-state index in [1.807, 2.05) is 38.1 Å². The van der Waals surface area contributed by atoms with Crippen molar-refractivity contribution in [2.24, 2.45) is 4.99 Å². The van der Waals surface area contributed by atoms with Crippen molar-refractivity contribution in [2.45, 2.75) is 20.4 Å². The van der Waals surface area contributed by atoms with Gasteiger partial charge in [0.15, 0.2) is 11.7 Å². The number of rotatable bonds is 6. The van der Waals surface area contributed by atoms with E-state index in [0.717, 1.165) is 30.3 Å². The highest BCUT2D eigenvalue weighted by atomic mass is 16.3. The number of carbonyl (C=O) groups is 1. The molecule has 1 heterocycles. The molecule has 1 aromatic carbocycles. The van der Waals surface area contributed by atoms with Gasteiger partial charge in [-0.15, -0.1) is 0 Å². The molecule has 0 aliphatic heterocycles. The number of benzene rings is 1. The van der Waals surface area contributed by atoms with Gasteiger partial charge in [-0.1, -0.05) is 12.1 Å². The van der Waals surface area contributed by atoms with E-state index in [4.69, 9.17) is 4.42 Å². The minimum Gasteiger partial charge on any atom is -0.459 e. The molecule has 0 aliphatic rings. The second-order valence-corrected chi connectivity index (χ2v) is 4.85. The second kappa shape index (κ2) is 8.63. The van der Waals surface area contributed by atoms with Crippen molar-refractivity contribution in [1.82, 2.24) is 10.6 Å². The van der Waals surface area contributed by atoms with E-state index in [2.05, 4.69) is 20.9 Å². The predicted molar refractivity (Wildman–Crippen MR) is 91.6 cm³/mol. The maximum Gasteiger partial charge on any atom is 0.291 e. The van der Waals surface area contributed by atoms with Gasteiger partial charge in [0, 0.05) is 18.8 Å². The molecule has 2 aromatic rings. The molecule has 0 atom stereocenters. The van der Waals surface area contributed by atoms with Crippen LogP contribution in [0.3, 0.4) is 0 Å². The fraction of sp³-hybridized carbons (Fsp3) is 0.294. The van der Waals surface area contributed by atoms with Gasteiger partial charge in [-0.25, -0.2) is 4.99 Å². The Labute approximate surface area is 136 Å². The molecule has 1 aromatic heterocycles. The molecule has 3 N–H and O–H groups in total. The van der Waals surface area contributed by atoms with Crippen LogP contribution in [0.2, 0.25) is 0 Å². The summed E-state index contributed by atoms with van der Waals surface area (Å²) in [5.41, 5.74) is 1.78. The summed E-state index contributed by atoms with van der Waals surface area (Å²) >= 11 is 0. The van der Waals surface area contributed by atoms with Gasteiger partial charge >= 0.3 is 0 Å². The Hall–Kier alpha value is -2.76. The number of nitrogens with one attached hydrogen (secondary N) is 3. The van der Waals surface area contributed by atoms with Crippen molar-refractivity contribution >= 4 is 17.6 Å². The summed E-state index contributed by atoms with van der Waals surface area (Å²) in [4.78, 5) is 16.4. The third-order valence-electron chi connectivity index (χ3n) is 3.06. The summed E-state index contributed by atoms with van der Waals surface area (Å²) < 4.78 is 5.06. The monoisotopic (exact) mass is 314 g/mol. The van der Waals surface area contributed by atoms with Crippen LogP contribution in [0.5, 0.6) is 0 Å². The van der Waals surface area contributed by atoms with E-state index in [1.165, 1.54) is 6.26 Å². The van der Waals surface area contributed by atoms with Crippen LogP contribution in [0.15, 0.2) is 52.1 Å². The molecule has 0 unspecified atom stereocenters. The van der Waals surface area contributed by atoms with Crippen molar-refractivity contribution in [3.63, 3.8) is 0 Å². The fourth-order valence-electron chi connectivity index (χ4n) is 1.97. The maximum absolute atomic E-state index is 11.9. The number of anilines is 1.